The lowest BCUT2D eigenvalue weighted by atomic mass is 10.3. The second-order valence-corrected chi connectivity index (χ2v) is 1.60. The van der Waals surface area contributed by atoms with Crippen LogP contribution in [0.4, 0.5) is 4.79 Å². The predicted octanol–water partition coefficient (Wildman–Crippen LogP) is 1.92. The van der Waals surface area contributed by atoms with Crippen molar-refractivity contribution in [2.45, 2.75) is 19.8 Å². The largest absolute Gasteiger partial charge is 0.462 e. The smallest absolute Gasteiger partial charge is 0.449 e. The Morgan fingerprint density at radius 1 is 1.67 bits per heavy atom. The van der Waals surface area contributed by atoms with Gasteiger partial charge >= 0.3 is 6.09 Å². The molecule has 0 aromatic heterocycles. The third-order valence-electron chi connectivity index (χ3n) is 0.768. The zero-order valence-electron chi connectivity index (χ0n) is 5.37. The van der Waals surface area contributed by atoms with Gasteiger partial charge in [0.05, 0.1) is 6.54 Å². The van der Waals surface area contributed by atoms with Gasteiger partial charge in [0.25, 0.3) is 0 Å². The number of unbranched alkanes of at least 4 members (excludes halogenated alkanes) is 1. The fraction of sp³-hybridized carbons (Fsp3) is 0.800. The first-order valence-corrected chi connectivity index (χ1v) is 2.87. The normalized spacial score (nSPS) is 10.3. The molecule has 0 aliphatic carbocycles. The minimum atomic E-state index is -1.22. The Morgan fingerprint density at radius 2 is 2.33 bits per heavy atom. The summed E-state index contributed by atoms with van der Waals surface area (Å²) in [6.07, 6.45) is 0.696. The molecule has 0 bridgehead atoms. The van der Waals surface area contributed by atoms with Crippen LogP contribution in [-0.4, -0.2) is 17.7 Å². The van der Waals surface area contributed by atoms with Crippen LogP contribution in [0.3, 0.4) is 0 Å². The van der Waals surface area contributed by atoms with Gasteiger partial charge in [-0.2, -0.15) is 5.11 Å². The maximum Gasteiger partial charge on any atom is 0.449 e. The average molecular weight is 130 g/mol. The van der Waals surface area contributed by atoms with Gasteiger partial charge in [0.1, 0.15) is 0 Å². The van der Waals surface area contributed by atoms with E-state index in [2.05, 4.69) is 10.2 Å². The van der Waals surface area contributed by atoms with Gasteiger partial charge in [0, 0.05) is 0 Å². The molecule has 0 heterocycles. The van der Waals surface area contributed by atoms with E-state index in [-0.39, 0.29) is 0 Å². The molecule has 1 N–H and O–H groups in total. The van der Waals surface area contributed by atoms with E-state index in [4.69, 9.17) is 5.11 Å². The molecule has 0 unspecified atom stereocenters. The molecule has 4 heteroatoms. The van der Waals surface area contributed by atoms with Crippen LogP contribution < -0.4 is 0 Å². The molecular formula is C5H10N2O2. The van der Waals surface area contributed by atoms with Crippen LogP contribution in [0, 0.1) is 0 Å². The van der Waals surface area contributed by atoms with Crippen LogP contribution in [0.1, 0.15) is 19.8 Å². The summed E-state index contributed by atoms with van der Waals surface area (Å²) in [4.78, 5) is 9.70. The van der Waals surface area contributed by atoms with Crippen LogP contribution in [0.15, 0.2) is 10.2 Å². The Hall–Kier alpha value is -0.930. The van der Waals surface area contributed by atoms with E-state index in [1.807, 2.05) is 6.92 Å². The van der Waals surface area contributed by atoms with Gasteiger partial charge in [-0.15, -0.1) is 0 Å². The SMILES string of the molecule is CCCCN=NC(=O)O. The van der Waals surface area contributed by atoms with Gasteiger partial charge in [-0.1, -0.05) is 18.5 Å². The molecule has 52 valence electrons. The number of carbonyl (C=O) groups is 1. The van der Waals surface area contributed by atoms with Crippen molar-refractivity contribution in [3.63, 3.8) is 0 Å². The van der Waals surface area contributed by atoms with Crippen LogP contribution in [-0.2, 0) is 0 Å². The minimum absolute atomic E-state index is 0.517. The van der Waals surface area contributed by atoms with E-state index in [1.165, 1.54) is 0 Å². The average Bonchev–Trinajstić information content (AvgIpc) is 1.80. The predicted molar refractivity (Wildman–Crippen MR) is 32.7 cm³/mol. The number of hydrogen-bond donors (Lipinski definition) is 1. The lowest BCUT2D eigenvalue weighted by Gasteiger charge is -1.84. The Morgan fingerprint density at radius 3 is 2.78 bits per heavy atom. The van der Waals surface area contributed by atoms with Crippen LogP contribution in [0.25, 0.3) is 0 Å². The second kappa shape index (κ2) is 5.21. The quantitative estimate of drug-likeness (QED) is 0.468. The van der Waals surface area contributed by atoms with Gasteiger partial charge < -0.3 is 5.11 Å². The molecule has 0 saturated carbocycles. The summed E-state index contributed by atoms with van der Waals surface area (Å²) in [7, 11) is 0. The van der Waals surface area contributed by atoms with E-state index in [1.54, 1.807) is 0 Å². The third-order valence-corrected chi connectivity index (χ3v) is 0.768. The number of azo groups is 1. The van der Waals surface area contributed by atoms with Crippen molar-refractivity contribution in [2.75, 3.05) is 6.54 Å². The lowest BCUT2D eigenvalue weighted by Crippen LogP contribution is -1.83. The molecule has 0 spiro atoms. The first kappa shape index (κ1) is 8.07. The Balaban J connectivity index is 3.15. The van der Waals surface area contributed by atoms with Gasteiger partial charge in [0.2, 0.25) is 0 Å². The fourth-order valence-electron chi connectivity index (χ4n) is 0.339. The highest BCUT2D eigenvalue weighted by Crippen LogP contribution is 1.87. The topological polar surface area (TPSA) is 62.0 Å². The molecule has 1 amide bonds. The molecule has 0 fully saturated rings. The van der Waals surface area contributed by atoms with Gasteiger partial charge in [0.15, 0.2) is 0 Å². The molecule has 0 rings (SSSR count). The minimum Gasteiger partial charge on any atom is -0.462 e. The van der Waals surface area contributed by atoms with Gasteiger partial charge in [-0.3, -0.25) is 0 Å². The second-order valence-electron chi connectivity index (χ2n) is 1.60. The molecule has 0 aliphatic heterocycles. The number of carboxylic acid groups (broad SMARTS) is 1. The highest BCUT2D eigenvalue weighted by molar-refractivity contribution is 5.64. The standard InChI is InChI=1S/C5H10N2O2/c1-2-3-4-6-7-5(8)9/h2-4H2,1H3,(H,8,9). The molecular weight excluding hydrogens is 120 g/mol. The van der Waals surface area contributed by atoms with E-state index in [0.717, 1.165) is 12.8 Å². The fourth-order valence-corrected chi connectivity index (χ4v) is 0.339. The lowest BCUT2D eigenvalue weighted by molar-refractivity contribution is 0.203. The molecule has 0 atom stereocenters. The van der Waals surface area contributed by atoms with Crippen molar-refractivity contribution >= 4 is 6.09 Å². The van der Waals surface area contributed by atoms with E-state index in [9.17, 15) is 4.79 Å². The van der Waals surface area contributed by atoms with E-state index >= 15 is 0 Å². The van der Waals surface area contributed by atoms with E-state index in [0.29, 0.717) is 6.54 Å². The van der Waals surface area contributed by atoms with Crippen molar-refractivity contribution in [1.29, 1.82) is 0 Å². The first-order valence-electron chi connectivity index (χ1n) is 2.87. The summed E-state index contributed by atoms with van der Waals surface area (Å²) in [6, 6.07) is 0. The zero-order chi connectivity index (χ0) is 7.11. The molecule has 4 nitrogen and oxygen atoms in total. The highest BCUT2D eigenvalue weighted by Gasteiger charge is 1.85. The Kier molecular flexibility index (Phi) is 4.67. The summed E-state index contributed by atoms with van der Waals surface area (Å²) in [5.74, 6) is 0. The van der Waals surface area contributed by atoms with Crippen LogP contribution >= 0.6 is 0 Å². The number of rotatable bonds is 3. The number of amides is 1. The summed E-state index contributed by atoms with van der Waals surface area (Å²) in [6.45, 7) is 2.53. The zero-order valence-corrected chi connectivity index (χ0v) is 5.37. The van der Waals surface area contributed by atoms with Crippen molar-refractivity contribution in [3.05, 3.63) is 0 Å². The molecule has 0 saturated heterocycles. The van der Waals surface area contributed by atoms with Crippen molar-refractivity contribution in [2.24, 2.45) is 10.2 Å². The van der Waals surface area contributed by atoms with Gasteiger partial charge in [-0.25, -0.2) is 4.79 Å². The summed E-state index contributed by atoms with van der Waals surface area (Å²) in [5, 5.41) is 14.2. The van der Waals surface area contributed by atoms with E-state index < -0.39 is 6.09 Å². The van der Waals surface area contributed by atoms with Crippen LogP contribution in [0.5, 0.6) is 0 Å². The first-order chi connectivity index (χ1) is 4.27. The summed E-state index contributed by atoms with van der Waals surface area (Å²) >= 11 is 0. The molecule has 9 heavy (non-hydrogen) atoms. The monoisotopic (exact) mass is 130 g/mol. The maximum atomic E-state index is 9.70. The highest BCUT2D eigenvalue weighted by atomic mass is 16.4. The summed E-state index contributed by atoms with van der Waals surface area (Å²) < 4.78 is 0. The third kappa shape index (κ3) is 7.07. The Labute approximate surface area is 53.6 Å². The maximum absolute atomic E-state index is 9.70. The van der Waals surface area contributed by atoms with Gasteiger partial charge in [-0.05, 0) is 6.42 Å². The number of hydrogen-bond acceptors (Lipinski definition) is 2. The molecule has 0 aliphatic rings. The van der Waals surface area contributed by atoms with Crippen molar-refractivity contribution in [3.8, 4) is 0 Å². The summed E-state index contributed by atoms with van der Waals surface area (Å²) in [5.41, 5.74) is 0. The molecule has 0 radical (unpaired) electrons. The molecule has 0 aromatic rings. The van der Waals surface area contributed by atoms with Crippen molar-refractivity contribution in [1.82, 2.24) is 0 Å². The molecule has 0 aromatic carbocycles. The van der Waals surface area contributed by atoms with Crippen molar-refractivity contribution < 1.29 is 9.90 Å². The Bertz CT molecular complexity index is 112. The van der Waals surface area contributed by atoms with Crippen LogP contribution in [0.2, 0.25) is 0 Å². The number of nitrogens with zero attached hydrogens (tertiary/aromatic N) is 2.